The molecule has 0 bridgehead atoms. The first-order valence-electron chi connectivity index (χ1n) is 7.17. The molecule has 23 heavy (non-hydrogen) atoms. The van der Waals surface area contributed by atoms with Crippen LogP contribution in [0.25, 0.3) is 10.9 Å². The van der Waals surface area contributed by atoms with Crippen LogP contribution in [0.5, 0.6) is 5.75 Å². The van der Waals surface area contributed by atoms with Gasteiger partial charge in [0.25, 0.3) is 0 Å². The van der Waals surface area contributed by atoms with Crippen LogP contribution in [0, 0.1) is 0 Å². The quantitative estimate of drug-likeness (QED) is 0.674. The zero-order valence-corrected chi connectivity index (χ0v) is 13.0. The van der Waals surface area contributed by atoms with Crippen molar-refractivity contribution in [3.63, 3.8) is 0 Å². The summed E-state index contributed by atoms with van der Waals surface area (Å²) >= 11 is 6.01. The Morgan fingerprint density at radius 2 is 1.78 bits per heavy atom. The number of ether oxygens (including phenoxy) is 1. The SMILES string of the molecule is O=c1oc(=O)n(CCCOc2ccccc2Cl)c2ccccc12. The van der Waals surface area contributed by atoms with E-state index in [4.69, 9.17) is 20.8 Å². The highest BCUT2D eigenvalue weighted by molar-refractivity contribution is 6.32. The molecule has 2 aromatic carbocycles. The second-order valence-electron chi connectivity index (χ2n) is 4.96. The second kappa shape index (κ2) is 6.71. The number of fused-ring (bicyclic) bond motifs is 1. The van der Waals surface area contributed by atoms with Gasteiger partial charge in [0.15, 0.2) is 0 Å². The van der Waals surface area contributed by atoms with Gasteiger partial charge in [0.1, 0.15) is 5.75 Å². The van der Waals surface area contributed by atoms with Crippen molar-refractivity contribution in [2.45, 2.75) is 13.0 Å². The Balaban J connectivity index is 1.74. The maximum Gasteiger partial charge on any atom is 0.422 e. The highest BCUT2D eigenvalue weighted by Gasteiger charge is 2.08. The molecule has 0 radical (unpaired) electrons. The maximum atomic E-state index is 11.9. The number of benzene rings is 2. The third-order valence-electron chi connectivity index (χ3n) is 3.44. The fourth-order valence-electron chi connectivity index (χ4n) is 2.35. The lowest BCUT2D eigenvalue weighted by atomic mass is 10.2. The number of hydrogen-bond donors (Lipinski definition) is 0. The molecule has 5 nitrogen and oxygen atoms in total. The first-order chi connectivity index (χ1) is 11.2. The number of aryl methyl sites for hydroxylation is 1. The van der Waals surface area contributed by atoms with E-state index in [-0.39, 0.29) is 0 Å². The molecule has 0 N–H and O–H groups in total. The summed E-state index contributed by atoms with van der Waals surface area (Å²) in [5, 5.41) is 0.931. The van der Waals surface area contributed by atoms with Gasteiger partial charge in [-0.3, -0.25) is 4.57 Å². The van der Waals surface area contributed by atoms with Crippen molar-refractivity contribution in [2.75, 3.05) is 6.61 Å². The fourth-order valence-corrected chi connectivity index (χ4v) is 2.54. The van der Waals surface area contributed by atoms with E-state index in [1.807, 2.05) is 12.1 Å². The van der Waals surface area contributed by atoms with Crippen LogP contribution >= 0.6 is 11.6 Å². The Kier molecular flexibility index (Phi) is 4.48. The topological polar surface area (TPSA) is 61.4 Å². The highest BCUT2D eigenvalue weighted by Crippen LogP contribution is 2.23. The summed E-state index contributed by atoms with van der Waals surface area (Å²) in [5.74, 6) is -0.0580. The lowest BCUT2D eigenvalue weighted by Crippen LogP contribution is -2.25. The number of rotatable bonds is 5. The summed E-state index contributed by atoms with van der Waals surface area (Å²) in [6.07, 6.45) is 0.572. The van der Waals surface area contributed by atoms with Crippen LogP contribution in [0.15, 0.2) is 62.5 Å². The smallest absolute Gasteiger partial charge is 0.422 e. The Bertz CT molecular complexity index is 945. The van der Waals surface area contributed by atoms with Gasteiger partial charge in [-0.2, -0.15) is 0 Å². The van der Waals surface area contributed by atoms with E-state index in [1.165, 1.54) is 4.57 Å². The average Bonchev–Trinajstić information content (AvgIpc) is 2.55. The van der Waals surface area contributed by atoms with E-state index < -0.39 is 11.4 Å². The van der Waals surface area contributed by atoms with Gasteiger partial charge in [0, 0.05) is 6.54 Å². The Hall–Kier alpha value is -2.53. The van der Waals surface area contributed by atoms with Gasteiger partial charge in [0.05, 0.1) is 22.5 Å². The van der Waals surface area contributed by atoms with Crippen molar-refractivity contribution in [1.29, 1.82) is 0 Å². The zero-order valence-electron chi connectivity index (χ0n) is 12.2. The summed E-state index contributed by atoms with van der Waals surface area (Å²) in [7, 11) is 0. The molecule has 0 unspecified atom stereocenters. The molecule has 3 rings (SSSR count). The molecule has 0 spiro atoms. The average molecular weight is 332 g/mol. The summed E-state index contributed by atoms with van der Waals surface area (Å²) < 4.78 is 11.8. The monoisotopic (exact) mass is 331 g/mol. The molecule has 3 aromatic rings. The lowest BCUT2D eigenvalue weighted by Gasteiger charge is -2.10. The second-order valence-corrected chi connectivity index (χ2v) is 5.36. The minimum atomic E-state index is -0.661. The molecule has 0 aliphatic rings. The summed E-state index contributed by atoms with van der Waals surface area (Å²) in [5.41, 5.74) is -0.0549. The number of para-hydroxylation sites is 2. The van der Waals surface area contributed by atoms with Crippen molar-refractivity contribution in [3.05, 3.63) is 74.5 Å². The van der Waals surface area contributed by atoms with Crippen molar-refractivity contribution < 1.29 is 9.15 Å². The third kappa shape index (κ3) is 3.29. The summed E-state index contributed by atoms with van der Waals surface area (Å²) in [4.78, 5) is 23.6. The molecule has 1 heterocycles. The van der Waals surface area contributed by atoms with Gasteiger partial charge < -0.3 is 9.15 Å². The van der Waals surface area contributed by atoms with Gasteiger partial charge in [-0.05, 0) is 30.7 Å². The fraction of sp³-hybridized carbons (Fsp3) is 0.176. The number of hydrogen-bond acceptors (Lipinski definition) is 4. The van der Waals surface area contributed by atoms with Crippen molar-refractivity contribution >= 4 is 22.5 Å². The highest BCUT2D eigenvalue weighted by atomic mass is 35.5. The van der Waals surface area contributed by atoms with Crippen LogP contribution in [0.3, 0.4) is 0 Å². The summed E-state index contributed by atoms with van der Waals surface area (Å²) in [6.45, 7) is 0.775. The number of halogens is 1. The van der Waals surface area contributed by atoms with Crippen LogP contribution in [0.4, 0.5) is 0 Å². The molecule has 1 aromatic heterocycles. The lowest BCUT2D eigenvalue weighted by molar-refractivity contribution is 0.297. The van der Waals surface area contributed by atoms with Crippen LogP contribution in [0.1, 0.15) is 6.42 Å². The van der Waals surface area contributed by atoms with Crippen molar-refractivity contribution in [3.8, 4) is 5.75 Å². The molecule has 6 heteroatoms. The molecule has 0 amide bonds. The predicted molar refractivity (Wildman–Crippen MR) is 88.3 cm³/mol. The van der Waals surface area contributed by atoms with Crippen LogP contribution in [-0.2, 0) is 6.54 Å². The largest absolute Gasteiger partial charge is 0.492 e. The predicted octanol–water partition coefficient (Wildman–Crippen LogP) is 3.08. The van der Waals surface area contributed by atoms with Crippen molar-refractivity contribution in [1.82, 2.24) is 4.57 Å². The minimum Gasteiger partial charge on any atom is -0.492 e. The van der Waals surface area contributed by atoms with E-state index in [0.717, 1.165) is 0 Å². The first-order valence-corrected chi connectivity index (χ1v) is 7.54. The van der Waals surface area contributed by atoms with Crippen LogP contribution < -0.4 is 16.1 Å². The normalized spacial score (nSPS) is 10.8. The van der Waals surface area contributed by atoms with E-state index >= 15 is 0 Å². The van der Waals surface area contributed by atoms with Gasteiger partial charge in [-0.25, -0.2) is 9.59 Å². The Labute approximate surface area is 136 Å². The van der Waals surface area contributed by atoms with Gasteiger partial charge in [0.2, 0.25) is 0 Å². The number of nitrogens with zero attached hydrogens (tertiary/aromatic N) is 1. The molecule has 0 saturated carbocycles. The molecule has 118 valence electrons. The summed E-state index contributed by atoms with van der Waals surface area (Å²) in [6, 6.07) is 14.1. The van der Waals surface area contributed by atoms with Crippen LogP contribution in [0.2, 0.25) is 5.02 Å². The number of aromatic nitrogens is 1. The standard InChI is InChI=1S/C17H14ClNO4/c18-13-7-2-4-9-15(13)22-11-5-10-19-14-8-3-1-6-12(14)16(20)23-17(19)21/h1-4,6-9H,5,10-11H2. The Morgan fingerprint density at radius 1 is 1.04 bits per heavy atom. The van der Waals surface area contributed by atoms with Gasteiger partial charge >= 0.3 is 11.4 Å². The molecule has 0 aliphatic carbocycles. The van der Waals surface area contributed by atoms with E-state index in [1.54, 1.807) is 36.4 Å². The van der Waals surface area contributed by atoms with E-state index in [0.29, 0.717) is 41.2 Å². The van der Waals surface area contributed by atoms with Gasteiger partial charge in [-0.15, -0.1) is 0 Å². The van der Waals surface area contributed by atoms with E-state index in [9.17, 15) is 9.59 Å². The molecule has 0 saturated heterocycles. The van der Waals surface area contributed by atoms with Gasteiger partial charge in [-0.1, -0.05) is 35.9 Å². The molecule has 0 fully saturated rings. The maximum absolute atomic E-state index is 11.9. The minimum absolute atomic E-state index is 0.383. The molecule has 0 aliphatic heterocycles. The zero-order chi connectivity index (χ0) is 16.2. The molecular formula is C17H14ClNO4. The Morgan fingerprint density at radius 3 is 2.61 bits per heavy atom. The van der Waals surface area contributed by atoms with Crippen LogP contribution in [-0.4, -0.2) is 11.2 Å². The van der Waals surface area contributed by atoms with E-state index in [2.05, 4.69) is 0 Å². The van der Waals surface area contributed by atoms with Crippen molar-refractivity contribution in [2.24, 2.45) is 0 Å². The third-order valence-corrected chi connectivity index (χ3v) is 3.75. The first kappa shape index (κ1) is 15.4. The molecule has 0 atom stereocenters. The molecular weight excluding hydrogens is 318 g/mol.